The third-order valence-corrected chi connectivity index (χ3v) is 3.95. The van der Waals surface area contributed by atoms with Crippen LogP contribution in [0.25, 0.3) is 10.9 Å². The van der Waals surface area contributed by atoms with Crippen LogP contribution in [0, 0.1) is 11.6 Å². The first-order valence-electron chi connectivity index (χ1n) is 6.32. The molecule has 0 saturated carbocycles. The van der Waals surface area contributed by atoms with E-state index in [1.807, 2.05) is 30.3 Å². The summed E-state index contributed by atoms with van der Waals surface area (Å²) < 4.78 is 28.4. The molecule has 0 aliphatic heterocycles. The molecule has 5 heteroatoms. The van der Waals surface area contributed by atoms with Crippen molar-refractivity contribution in [3.8, 4) is 0 Å². The molecular formula is C16H11BrF2N2. The molecule has 0 spiro atoms. The van der Waals surface area contributed by atoms with E-state index in [9.17, 15) is 8.78 Å². The summed E-state index contributed by atoms with van der Waals surface area (Å²) >= 11 is 3.38. The Morgan fingerprint density at radius 3 is 2.38 bits per heavy atom. The second kappa shape index (κ2) is 5.50. The van der Waals surface area contributed by atoms with E-state index in [0.717, 1.165) is 10.9 Å². The largest absolute Gasteiger partial charge is 0.319 e. The van der Waals surface area contributed by atoms with Crippen LogP contribution in [0.1, 0.15) is 17.3 Å². The van der Waals surface area contributed by atoms with Crippen molar-refractivity contribution in [2.75, 3.05) is 0 Å². The Balaban J connectivity index is 2.17. The summed E-state index contributed by atoms with van der Waals surface area (Å²) in [5.41, 5.74) is 6.98. The predicted molar refractivity (Wildman–Crippen MR) is 81.8 cm³/mol. The van der Waals surface area contributed by atoms with E-state index in [-0.39, 0.29) is 5.56 Å². The van der Waals surface area contributed by atoms with Crippen molar-refractivity contribution in [3.05, 3.63) is 75.9 Å². The number of nitrogens with two attached hydrogens (primary N) is 1. The van der Waals surface area contributed by atoms with Crippen molar-refractivity contribution >= 4 is 26.8 Å². The highest BCUT2D eigenvalue weighted by molar-refractivity contribution is 9.10. The van der Waals surface area contributed by atoms with E-state index in [1.54, 1.807) is 0 Å². The highest BCUT2D eigenvalue weighted by Gasteiger charge is 2.21. The van der Waals surface area contributed by atoms with Gasteiger partial charge in [0.25, 0.3) is 0 Å². The lowest BCUT2D eigenvalue weighted by atomic mass is 10.0. The smallest absolute Gasteiger partial charge is 0.131 e. The van der Waals surface area contributed by atoms with Gasteiger partial charge in [-0.2, -0.15) is 0 Å². The second-order valence-corrected chi connectivity index (χ2v) is 5.52. The molecule has 0 amide bonds. The topological polar surface area (TPSA) is 38.9 Å². The molecule has 21 heavy (non-hydrogen) atoms. The monoisotopic (exact) mass is 348 g/mol. The van der Waals surface area contributed by atoms with Gasteiger partial charge in [0.2, 0.25) is 0 Å². The van der Waals surface area contributed by atoms with E-state index in [4.69, 9.17) is 5.73 Å². The molecule has 2 aromatic carbocycles. The minimum absolute atomic E-state index is 0.180. The number of hydrogen-bond donors (Lipinski definition) is 1. The summed E-state index contributed by atoms with van der Waals surface area (Å²) in [6, 6.07) is 12.0. The molecule has 2 N–H and O–H groups in total. The molecule has 0 aliphatic carbocycles. The van der Waals surface area contributed by atoms with Crippen molar-refractivity contribution in [2.24, 2.45) is 5.73 Å². The van der Waals surface area contributed by atoms with Gasteiger partial charge in [-0.1, -0.05) is 24.3 Å². The Morgan fingerprint density at radius 2 is 1.67 bits per heavy atom. The lowest BCUT2D eigenvalue weighted by molar-refractivity contribution is 0.541. The Morgan fingerprint density at radius 1 is 1.00 bits per heavy atom. The number of nitrogens with zero attached hydrogens (tertiary/aromatic N) is 1. The van der Waals surface area contributed by atoms with Crippen LogP contribution in [0.4, 0.5) is 8.78 Å². The quantitative estimate of drug-likeness (QED) is 0.748. The fourth-order valence-electron chi connectivity index (χ4n) is 2.27. The first-order valence-corrected chi connectivity index (χ1v) is 7.12. The predicted octanol–water partition coefficient (Wildman–Crippen LogP) is 4.32. The van der Waals surface area contributed by atoms with Crippen molar-refractivity contribution in [1.82, 2.24) is 4.98 Å². The number of hydrogen-bond acceptors (Lipinski definition) is 2. The maximum atomic E-state index is 13.9. The van der Waals surface area contributed by atoms with Crippen LogP contribution in [-0.2, 0) is 0 Å². The van der Waals surface area contributed by atoms with Crippen molar-refractivity contribution < 1.29 is 8.78 Å². The van der Waals surface area contributed by atoms with Gasteiger partial charge in [-0.3, -0.25) is 0 Å². The van der Waals surface area contributed by atoms with Crippen LogP contribution in [-0.4, -0.2) is 4.98 Å². The van der Waals surface area contributed by atoms with Gasteiger partial charge < -0.3 is 5.73 Å². The summed E-state index contributed by atoms with van der Waals surface area (Å²) in [6.45, 7) is 0. The summed E-state index contributed by atoms with van der Waals surface area (Å²) in [5, 5.41) is 0.925. The number of pyridine rings is 1. The van der Waals surface area contributed by atoms with Gasteiger partial charge in [0.05, 0.1) is 17.3 Å². The molecule has 3 rings (SSSR count). The highest BCUT2D eigenvalue weighted by atomic mass is 79.9. The Labute approximate surface area is 128 Å². The van der Waals surface area contributed by atoms with Crippen molar-refractivity contribution in [1.29, 1.82) is 0 Å². The summed E-state index contributed by atoms with van der Waals surface area (Å²) in [7, 11) is 0. The third-order valence-electron chi connectivity index (χ3n) is 3.31. The van der Waals surface area contributed by atoms with E-state index in [2.05, 4.69) is 20.9 Å². The van der Waals surface area contributed by atoms with E-state index in [1.165, 1.54) is 18.2 Å². The molecule has 0 aliphatic rings. The highest BCUT2D eigenvalue weighted by Crippen LogP contribution is 2.30. The Bertz CT molecular complexity index is 800. The Kier molecular flexibility index (Phi) is 3.69. The molecule has 3 aromatic rings. The molecule has 1 atom stereocenters. The molecule has 2 nitrogen and oxygen atoms in total. The van der Waals surface area contributed by atoms with E-state index < -0.39 is 17.7 Å². The first-order chi connectivity index (χ1) is 10.1. The van der Waals surface area contributed by atoms with Crippen LogP contribution in [0.15, 0.2) is 53.0 Å². The molecule has 1 aromatic heterocycles. The number of aromatic nitrogens is 1. The van der Waals surface area contributed by atoms with Crippen molar-refractivity contribution in [2.45, 2.75) is 6.04 Å². The SMILES string of the molecule is NC(c1nc2ccccc2cc1Br)c1c(F)cccc1F. The van der Waals surface area contributed by atoms with Crippen molar-refractivity contribution in [3.63, 3.8) is 0 Å². The maximum Gasteiger partial charge on any atom is 0.131 e. The number of benzene rings is 2. The minimum atomic E-state index is -0.981. The first kappa shape index (κ1) is 14.1. The molecule has 0 fully saturated rings. The van der Waals surface area contributed by atoms with E-state index >= 15 is 0 Å². The van der Waals surface area contributed by atoms with Gasteiger partial charge in [-0.05, 0) is 40.2 Å². The van der Waals surface area contributed by atoms with Gasteiger partial charge >= 0.3 is 0 Å². The van der Waals surface area contributed by atoms with Gasteiger partial charge in [0, 0.05) is 15.4 Å². The molecule has 1 unspecified atom stereocenters. The Hall–Kier alpha value is -1.85. The molecule has 0 radical (unpaired) electrons. The van der Waals surface area contributed by atoms with Crippen LogP contribution in [0.2, 0.25) is 0 Å². The van der Waals surface area contributed by atoms with Crippen LogP contribution in [0.5, 0.6) is 0 Å². The molecular weight excluding hydrogens is 338 g/mol. The summed E-state index contributed by atoms with van der Waals surface area (Å²) in [5.74, 6) is -1.35. The average Bonchev–Trinajstić information content (AvgIpc) is 2.46. The van der Waals surface area contributed by atoms with E-state index in [0.29, 0.717) is 10.2 Å². The average molecular weight is 349 g/mol. The normalized spacial score (nSPS) is 12.6. The number of halogens is 3. The van der Waals surface area contributed by atoms with Gasteiger partial charge in [0.15, 0.2) is 0 Å². The summed E-state index contributed by atoms with van der Waals surface area (Å²) in [6.07, 6.45) is 0. The lowest BCUT2D eigenvalue weighted by Gasteiger charge is -2.15. The fraction of sp³-hybridized carbons (Fsp3) is 0.0625. The zero-order valence-corrected chi connectivity index (χ0v) is 12.4. The fourth-order valence-corrected chi connectivity index (χ4v) is 2.85. The molecule has 0 saturated heterocycles. The second-order valence-electron chi connectivity index (χ2n) is 4.66. The third kappa shape index (κ3) is 2.54. The van der Waals surface area contributed by atoms with Crippen LogP contribution < -0.4 is 5.73 Å². The molecule has 106 valence electrons. The lowest BCUT2D eigenvalue weighted by Crippen LogP contribution is -2.17. The number of fused-ring (bicyclic) bond motifs is 1. The zero-order valence-electron chi connectivity index (χ0n) is 10.9. The van der Waals surface area contributed by atoms with Crippen LogP contribution in [0.3, 0.4) is 0 Å². The van der Waals surface area contributed by atoms with Crippen LogP contribution >= 0.6 is 15.9 Å². The zero-order chi connectivity index (χ0) is 15.0. The molecule has 1 heterocycles. The number of para-hydroxylation sites is 1. The minimum Gasteiger partial charge on any atom is -0.319 e. The van der Waals surface area contributed by atoms with Gasteiger partial charge in [-0.25, -0.2) is 13.8 Å². The standard InChI is InChI=1S/C16H11BrF2N2/c17-10-8-9-4-1-2-7-13(9)21-16(10)15(20)14-11(18)5-3-6-12(14)19/h1-8,15H,20H2. The summed E-state index contributed by atoms with van der Waals surface area (Å²) in [4.78, 5) is 4.43. The van der Waals surface area contributed by atoms with Gasteiger partial charge in [-0.15, -0.1) is 0 Å². The maximum absolute atomic E-state index is 13.9. The van der Waals surface area contributed by atoms with Gasteiger partial charge in [0.1, 0.15) is 11.6 Å². The number of rotatable bonds is 2. The molecule has 0 bridgehead atoms.